The van der Waals surface area contributed by atoms with Gasteiger partial charge in [-0.15, -0.1) is 11.8 Å². The number of carbonyl (C=O) groups excluding carboxylic acids is 1. The first-order valence-corrected chi connectivity index (χ1v) is 9.02. The number of aliphatic carboxylic acids is 1. The molecule has 0 bridgehead atoms. The van der Waals surface area contributed by atoms with Gasteiger partial charge in [-0.1, -0.05) is 39.0 Å². The molecule has 0 aliphatic carbocycles. The van der Waals surface area contributed by atoms with Crippen molar-refractivity contribution in [1.82, 2.24) is 4.90 Å². The monoisotopic (exact) mass is 335 g/mol. The molecule has 2 unspecified atom stereocenters. The predicted molar refractivity (Wildman–Crippen MR) is 92.5 cm³/mol. The van der Waals surface area contributed by atoms with Crippen molar-refractivity contribution in [1.29, 1.82) is 0 Å². The van der Waals surface area contributed by atoms with Crippen LogP contribution >= 0.6 is 11.8 Å². The lowest BCUT2D eigenvalue weighted by Gasteiger charge is -2.29. The summed E-state index contributed by atoms with van der Waals surface area (Å²) in [6.45, 7) is 6.72. The van der Waals surface area contributed by atoms with Crippen molar-refractivity contribution in [3.63, 3.8) is 0 Å². The van der Waals surface area contributed by atoms with E-state index >= 15 is 0 Å². The van der Waals surface area contributed by atoms with E-state index in [9.17, 15) is 14.7 Å². The second kappa shape index (κ2) is 7.39. The van der Waals surface area contributed by atoms with E-state index in [2.05, 4.69) is 0 Å². The Balaban J connectivity index is 2.09. The van der Waals surface area contributed by atoms with E-state index in [1.165, 1.54) is 0 Å². The molecular formula is C18H25NO3S. The number of benzene rings is 1. The fourth-order valence-electron chi connectivity index (χ4n) is 3.09. The molecule has 2 atom stereocenters. The van der Waals surface area contributed by atoms with Crippen LogP contribution in [-0.4, -0.2) is 40.2 Å². The van der Waals surface area contributed by atoms with Gasteiger partial charge in [-0.2, -0.15) is 0 Å². The third kappa shape index (κ3) is 3.71. The van der Waals surface area contributed by atoms with Gasteiger partial charge in [0.1, 0.15) is 0 Å². The number of rotatable bonds is 6. The molecule has 2 rings (SSSR count). The third-order valence-electron chi connectivity index (χ3n) is 4.81. The molecule has 5 heteroatoms. The summed E-state index contributed by atoms with van der Waals surface area (Å²) >= 11 is 1.56. The summed E-state index contributed by atoms with van der Waals surface area (Å²) in [7, 11) is 0. The maximum absolute atomic E-state index is 12.8. The van der Waals surface area contributed by atoms with Gasteiger partial charge >= 0.3 is 5.97 Å². The third-order valence-corrected chi connectivity index (χ3v) is 6.18. The average molecular weight is 335 g/mol. The van der Waals surface area contributed by atoms with Gasteiger partial charge in [0.05, 0.1) is 10.7 Å². The number of likely N-dealkylation sites (tertiary alicyclic amines) is 1. The van der Waals surface area contributed by atoms with Crippen LogP contribution in [0.2, 0.25) is 0 Å². The molecule has 1 N–H and O–H groups in total. The lowest BCUT2D eigenvalue weighted by molar-refractivity contribution is -0.151. The van der Waals surface area contributed by atoms with Crippen molar-refractivity contribution in [2.45, 2.75) is 43.8 Å². The van der Waals surface area contributed by atoms with Crippen LogP contribution in [0.1, 0.15) is 33.6 Å². The Hall–Kier alpha value is -1.49. The van der Waals surface area contributed by atoms with Crippen molar-refractivity contribution in [3.05, 3.63) is 30.3 Å². The van der Waals surface area contributed by atoms with Gasteiger partial charge in [-0.25, -0.2) is 0 Å². The normalized spacial score (nSPS) is 22.3. The van der Waals surface area contributed by atoms with Crippen molar-refractivity contribution in [2.24, 2.45) is 11.3 Å². The van der Waals surface area contributed by atoms with Crippen LogP contribution < -0.4 is 0 Å². The van der Waals surface area contributed by atoms with Gasteiger partial charge in [-0.3, -0.25) is 9.59 Å². The van der Waals surface area contributed by atoms with E-state index < -0.39 is 11.4 Å². The van der Waals surface area contributed by atoms with Gasteiger partial charge in [0.15, 0.2) is 0 Å². The van der Waals surface area contributed by atoms with Crippen LogP contribution in [0.3, 0.4) is 0 Å². The molecule has 1 amide bonds. The van der Waals surface area contributed by atoms with Crippen molar-refractivity contribution in [3.8, 4) is 0 Å². The molecule has 126 valence electrons. The van der Waals surface area contributed by atoms with E-state index in [-0.39, 0.29) is 17.1 Å². The molecule has 0 radical (unpaired) electrons. The zero-order valence-electron chi connectivity index (χ0n) is 14.0. The molecule has 0 aromatic heterocycles. The highest BCUT2D eigenvalue weighted by Crippen LogP contribution is 2.39. The first kappa shape index (κ1) is 17.9. The van der Waals surface area contributed by atoms with Gasteiger partial charge in [-0.05, 0) is 30.9 Å². The first-order chi connectivity index (χ1) is 10.9. The Morgan fingerprint density at radius 2 is 1.96 bits per heavy atom. The topological polar surface area (TPSA) is 57.6 Å². The minimum Gasteiger partial charge on any atom is -0.481 e. The Morgan fingerprint density at radius 3 is 2.43 bits per heavy atom. The molecule has 0 saturated carbocycles. The summed E-state index contributed by atoms with van der Waals surface area (Å²) in [4.78, 5) is 27.4. The van der Waals surface area contributed by atoms with Gasteiger partial charge in [0.25, 0.3) is 0 Å². The molecule has 1 fully saturated rings. The molecule has 23 heavy (non-hydrogen) atoms. The minimum absolute atomic E-state index is 0.0136. The lowest BCUT2D eigenvalue weighted by atomic mass is 9.76. The van der Waals surface area contributed by atoms with E-state index in [4.69, 9.17) is 0 Å². The van der Waals surface area contributed by atoms with Crippen LogP contribution in [0.4, 0.5) is 0 Å². The minimum atomic E-state index is -0.800. The summed E-state index contributed by atoms with van der Waals surface area (Å²) < 4.78 is 0. The number of hydrogen-bond donors (Lipinski definition) is 1. The van der Waals surface area contributed by atoms with Crippen molar-refractivity contribution >= 4 is 23.6 Å². The molecule has 1 aromatic rings. The maximum atomic E-state index is 12.8. The zero-order chi connectivity index (χ0) is 17.0. The summed E-state index contributed by atoms with van der Waals surface area (Å²) in [6, 6.07) is 9.88. The standard InChI is InChI=1S/C18H25NO3S/c1-4-15(23-14-8-6-5-7-9-14)16(20)19-11-10-18(12-19,13(2)3)17(21)22/h5-9,13,15H,4,10-12H2,1-3H3,(H,21,22). The van der Waals surface area contributed by atoms with E-state index in [1.807, 2.05) is 51.1 Å². The average Bonchev–Trinajstić information content (AvgIpc) is 3.00. The summed E-state index contributed by atoms with van der Waals surface area (Å²) in [5, 5.41) is 9.46. The molecular weight excluding hydrogens is 310 g/mol. The molecule has 1 aromatic carbocycles. The molecule has 4 nitrogen and oxygen atoms in total. The number of carboxylic acids is 1. The highest BCUT2D eigenvalue weighted by atomic mass is 32.2. The number of hydrogen-bond acceptors (Lipinski definition) is 3. The van der Waals surface area contributed by atoms with E-state index in [0.717, 1.165) is 11.3 Å². The molecule has 1 aliphatic heterocycles. The second-order valence-corrected chi connectivity index (χ2v) is 7.73. The number of carbonyl (C=O) groups is 2. The van der Waals surface area contributed by atoms with Crippen molar-refractivity contribution in [2.75, 3.05) is 13.1 Å². The van der Waals surface area contributed by atoms with Gasteiger partial charge < -0.3 is 10.0 Å². The molecule has 1 heterocycles. The zero-order valence-corrected chi connectivity index (χ0v) is 14.8. The Bertz CT molecular complexity index is 561. The van der Waals surface area contributed by atoms with Crippen LogP contribution in [0.25, 0.3) is 0 Å². The quantitative estimate of drug-likeness (QED) is 0.808. The highest BCUT2D eigenvalue weighted by molar-refractivity contribution is 8.00. The Labute approximate surface area is 142 Å². The van der Waals surface area contributed by atoms with Crippen LogP contribution in [0.15, 0.2) is 35.2 Å². The van der Waals surface area contributed by atoms with Crippen LogP contribution in [0.5, 0.6) is 0 Å². The van der Waals surface area contributed by atoms with Crippen molar-refractivity contribution < 1.29 is 14.7 Å². The number of carboxylic acid groups (broad SMARTS) is 1. The fourth-order valence-corrected chi connectivity index (χ4v) is 4.15. The van der Waals surface area contributed by atoms with E-state index in [1.54, 1.807) is 16.7 Å². The molecule has 1 aliphatic rings. The van der Waals surface area contributed by atoms with Crippen LogP contribution in [0, 0.1) is 11.3 Å². The molecule has 1 saturated heterocycles. The number of nitrogens with zero attached hydrogens (tertiary/aromatic N) is 1. The number of amides is 1. The Kier molecular flexibility index (Phi) is 5.74. The van der Waals surface area contributed by atoms with Gasteiger partial charge in [0, 0.05) is 18.0 Å². The fraction of sp³-hybridized carbons (Fsp3) is 0.556. The second-order valence-electron chi connectivity index (χ2n) is 6.45. The van der Waals surface area contributed by atoms with Gasteiger partial charge in [0.2, 0.25) is 5.91 Å². The maximum Gasteiger partial charge on any atom is 0.311 e. The smallest absolute Gasteiger partial charge is 0.311 e. The highest BCUT2D eigenvalue weighted by Gasteiger charge is 2.49. The predicted octanol–water partition coefficient (Wildman–Crippen LogP) is 3.52. The SMILES string of the molecule is CCC(Sc1ccccc1)C(=O)N1CCC(C(=O)O)(C(C)C)C1. The summed E-state index contributed by atoms with van der Waals surface area (Å²) in [5.74, 6) is -0.712. The van der Waals surface area contributed by atoms with Crippen LogP contribution in [-0.2, 0) is 9.59 Å². The lowest BCUT2D eigenvalue weighted by Crippen LogP contribution is -2.42. The largest absolute Gasteiger partial charge is 0.481 e. The summed E-state index contributed by atoms with van der Waals surface area (Å²) in [6.07, 6.45) is 1.27. The number of thioether (sulfide) groups is 1. The molecule has 0 spiro atoms. The Morgan fingerprint density at radius 1 is 1.30 bits per heavy atom. The first-order valence-electron chi connectivity index (χ1n) is 8.14. The van der Waals surface area contributed by atoms with E-state index in [0.29, 0.717) is 19.5 Å². The summed E-state index contributed by atoms with van der Waals surface area (Å²) in [5.41, 5.74) is -0.800.